The molecule has 2 aromatic carbocycles. The second-order valence-corrected chi connectivity index (χ2v) is 13.0. The molecule has 0 saturated heterocycles. The molecule has 1 saturated carbocycles. The van der Waals surface area contributed by atoms with Gasteiger partial charge in [0.05, 0.1) is 43.4 Å². The summed E-state index contributed by atoms with van der Waals surface area (Å²) in [7, 11) is 1.44. The quantitative estimate of drug-likeness (QED) is 0.0932. The van der Waals surface area contributed by atoms with E-state index in [4.69, 9.17) is 26.8 Å². The summed E-state index contributed by atoms with van der Waals surface area (Å²) in [4.78, 5) is 30.3. The first-order chi connectivity index (χ1) is 23.8. The van der Waals surface area contributed by atoms with E-state index in [9.17, 15) is 27.9 Å². The van der Waals surface area contributed by atoms with E-state index in [-0.39, 0.29) is 51.4 Å². The van der Waals surface area contributed by atoms with Gasteiger partial charge in [-0.05, 0) is 55.5 Å². The largest absolute Gasteiger partial charge is 0.494 e. The van der Waals surface area contributed by atoms with Crippen LogP contribution in [0.15, 0.2) is 48.0 Å². The van der Waals surface area contributed by atoms with Gasteiger partial charge in [0.15, 0.2) is 5.60 Å². The molecule has 6 rings (SSSR count). The molecule has 3 heterocycles. The average Bonchev–Trinajstić information content (AvgIpc) is 3.62. The molecule has 5 aromatic rings. The summed E-state index contributed by atoms with van der Waals surface area (Å²) < 4.78 is 70.1. The monoisotopic (exact) mass is 731 g/mol. The van der Waals surface area contributed by atoms with Crippen LogP contribution < -0.4 is 20.5 Å². The van der Waals surface area contributed by atoms with Gasteiger partial charge in [0.2, 0.25) is 5.91 Å². The minimum atomic E-state index is -2.89. The zero-order valence-corrected chi connectivity index (χ0v) is 28.2. The molecule has 0 spiro atoms. The van der Waals surface area contributed by atoms with Crippen molar-refractivity contribution in [2.75, 3.05) is 20.3 Å². The summed E-state index contributed by atoms with van der Waals surface area (Å²) in [6.07, 6.45) is 0.424. The smallest absolute Gasteiger partial charge is 0.264 e. The number of ether oxygens (including phenoxy) is 2. The van der Waals surface area contributed by atoms with Gasteiger partial charge in [0, 0.05) is 44.8 Å². The van der Waals surface area contributed by atoms with Crippen molar-refractivity contribution in [1.29, 1.82) is 0 Å². The van der Waals surface area contributed by atoms with Crippen molar-refractivity contribution in [3.8, 4) is 22.8 Å². The number of alkyl halides is 2. The van der Waals surface area contributed by atoms with Crippen molar-refractivity contribution in [2.24, 2.45) is 5.73 Å². The zero-order chi connectivity index (χ0) is 35.9. The lowest BCUT2D eigenvalue weighted by Gasteiger charge is -2.29. The summed E-state index contributed by atoms with van der Waals surface area (Å²) in [5.74, 6) is -3.39. The van der Waals surface area contributed by atoms with Crippen molar-refractivity contribution in [3.63, 3.8) is 0 Å². The second kappa shape index (κ2) is 13.9. The number of methoxy groups -OCH3 is 1. The molecule has 1 atom stereocenters. The maximum Gasteiger partial charge on any atom is 0.264 e. The van der Waals surface area contributed by atoms with Crippen LogP contribution in [-0.2, 0) is 16.8 Å². The van der Waals surface area contributed by atoms with Crippen LogP contribution in [0, 0.1) is 11.6 Å². The predicted octanol–water partition coefficient (Wildman–Crippen LogP) is 6.46. The first kappa shape index (κ1) is 35.1. The highest BCUT2D eigenvalue weighted by Gasteiger charge is 2.38. The number of nitrogens with zero attached hydrogens (tertiary/aromatic N) is 3. The molecule has 0 aliphatic heterocycles. The summed E-state index contributed by atoms with van der Waals surface area (Å²) in [6.45, 7) is 1.01. The number of nitrogens with two attached hydrogens (primary N) is 1. The second-order valence-electron chi connectivity index (χ2n) is 11.7. The van der Waals surface area contributed by atoms with Crippen LogP contribution in [0.1, 0.15) is 64.3 Å². The van der Waals surface area contributed by atoms with Crippen LogP contribution in [0.3, 0.4) is 0 Å². The Morgan fingerprint density at radius 3 is 2.58 bits per heavy atom. The molecule has 1 aliphatic rings. The third-order valence-electron chi connectivity index (χ3n) is 8.17. The molecule has 10 nitrogen and oxygen atoms in total. The number of nitrogens with one attached hydrogen (secondary N) is 1. The number of hydrogen-bond acceptors (Lipinski definition) is 8. The number of hydrogen-bond donors (Lipinski definition) is 3. The number of benzene rings is 2. The van der Waals surface area contributed by atoms with Crippen LogP contribution >= 0.6 is 22.9 Å². The van der Waals surface area contributed by atoms with Gasteiger partial charge in [-0.1, -0.05) is 11.6 Å². The molecule has 1 unspecified atom stereocenters. The number of aliphatic hydroxyl groups is 1. The fraction of sp³-hybridized carbons (Fsp3) is 0.294. The average molecular weight is 732 g/mol. The lowest BCUT2D eigenvalue weighted by molar-refractivity contribution is -0.117. The minimum absolute atomic E-state index is 0.0205. The summed E-state index contributed by atoms with van der Waals surface area (Å²) >= 11 is 6.77. The first-order valence-electron chi connectivity index (χ1n) is 15.4. The van der Waals surface area contributed by atoms with E-state index in [1.54, 1.807) is 13.0 Å². The van der Waals surface area contributed by atoms with Gasteiger partial charge in [-0.15, -0.1) is 11.3 Å². The molecule has 3 aromatic heterocycles. The maximum absolute atomic E-state index is 15.3. The van der Waals surface area contributed by atoms with Crippen LogP contribution in [0.2, 0.25) is 5.02 Å². The Kier molecular flexibility index (Phi) is 9.75. The lowest BCUT2D eigenvalue weighted by Crippen LogP contribution is -2.42. The molecular weight excluding hydrogens is 702 g/mol. The Hall–Kier alpha value is -4.73. The van der Waals surface area contributed by atoms with Gasteiger partial charge in [-0.25, -0.2) is 22.5 Å². The number of carbonyl (C=O) groups excluding carboxylic acids is 2. The molecule has 4 N–H and O–H groups in total. The Bertz CT molecular complexity index is 2120. The van der Waals surface area contributed by atoms with Crippen LogP contribution in [0.4, 0.5) is 17.6 Å². The van der Waals surface area contributed by atoms with E-state index in [1.807, 2.05) is 10.9 Å². The maximum atomic E-state index is 15.3. The molecular formula is C34H30ClF4N5O5S. The van der Waals surface area contributed by atoms with E-state index < -0.39 is 59.0 Å². The number of amides is 2. The molecule has 1 aliphatic carbocycles. The topological polar surface area (TPSA) is 142 Å². The molecule has 50 heavy (non-hydrogen) atoms. The fourth-order valence-electron chi connectivity index (χ4n) is 5.54. The number of pyridine rings is 1. The summed E-state index contributed by atoms with van der Waals surface area (Å²) in [5.41, 5.74) is 2.65. The first-order valence-corrected chi connectivity index (χ1v) is 16.6. The Morgan fingerprint density at radius 1 is 1.18 bits per heavy atom. The normalized spacial score (nSPS) is 14.2. The Morgan fingerprint density at radius 2 is 1.94 bits per heavy atom. The van der Waals surface area contributed by atoms with E-state index in [1.165, 1.54) is 19.2 Å². The predicted molar refractivity (Wildman–Crippen MR) is 178 cm³/mol. The summed E-state index contributed by atoms with van der Waals surface area (Å²) in [5, 5.41) is 21.0. The van der Waals surface area contributed by atoms with Crippen molar-refractivity contribution in [3.05, 3.63) is 91.9 Å². The standard InChI is InChI=1S/C34H30ClF4N5O5S/c1-3-49-31-16(10-28(40)45)8-26(42-30(31)21-11-22(35)24(37)12-23(21)36)34(47,27-9-19(14-50-27)32(38)39)15-41-33(46)17-6-18-13-44(20-4-5-20)43-29(18)25(7-17)48-2/h6-9,11-14,20,32,47H,3-5,10,15H2,1-2H3,(H2,40,45)(H,41,46). The lowest BCUT2D eigenvalue weighted by atomic mass is 9.92. The third-order valence-corrected chi connectivity index (χ3v) is 9.56. The number of halogens is 5. The summed E-state index contributed by atoms with van der Waals surface area (Å²) in [6, 6.07) is 7.19. The number of thiophene rings is 1. The SMILES string of the molecule is CCOc1c(CC(N)=O)cc(C(O)(CNC(=O)c2cc(OC)c3nn(C4CC4)cc3c2)c2cc(C(F)F)cs2)nc1-c1cc(Cl)c(F)cc1F. The van der Waals surface area contributed by atoms with E-state index in [0.717, 1.165) is 41.7 Å². The van der Waals surface area contributed by atoms with Gasteiger partial charge in [-0.3, -0.25) is 14.3 Å². The molecule has 262 valence electrons. The number of fused-ring (bicyclic) bond motifs is 1. The van der Waals surface area contributed by atoms with Gasteiger partial charge in [0.1, 0.15) is 34.3 Å². The van der Waals surface area contributed by atoms with E-state index in [2.05, 4.69) is 15.4 Å². The molecule has 0 bridgehead atoms. The highest BCUT2D eigenvalue weighted by Crippen LogP contribution is 2.42. The fourth-order valence-corrected chi connectivity index (χ4v) is 6.71. The Balaban J connectivity index is 1.47. The van der Waals surface area contributed by atoms with Gasteiger partial charge >= 0.3 is 0 Å². The molecule has 16 heteroatoms. The zero-order valence-electron chi connectivity index (χ0n) is 26.6. The number of aromatic nitrogens is 3. The van der Waals surface area contributed by atoms with Crippen molar-refractivity contribution < 1.29 is 41.7 Å². The highest BCUT2D eigenvalue weighted by atomic mass is 35.5. The van der Waals surface area contributed by atoms with Gasteiger partial charge < -0.3 is 25.6 Å². The molecule has 2 amide bonds. The van der Waals surface area contributed by atoms with Crippen LogP contribution in [-0.4, -0.2) is 51.9 Å². The van der Waals surface area contributed by atoms with Gasteiger partial charge in [-0.2, -0.15) is 5.10 Å². The highest BCUT2D eigenvalue weighted by molar-refractivity contribution is 7.10. The minimum Gasteiger partial charge on any atom is -0.494 e. The van der Waals surface area contributed by atoms with E-state index in [0.29, 0.717) is 22.7 Å². The molecule has 0 radical (unpaired) electrons. The molecule has 1 fully saturated rings. The van der Waals surface area contributed by atoms with Crippen LogP contribution in [0.5, 0.6) is 11.5 Å². The Labute approximate surface area is 291 Å². The van der Waals surface area contributed by atoms with Crippen molar-refractivity contribution in [2.45, 2.75) is 44.3 Å². The van der Waals surface area contributed by atoms with Crippen LogP contribution in [0.25, 0.3) is 22.2 Å². The number of rotatable bonds is 13. The number of primary amides is 1. The van der Waals surface area contributed by atoms with Crippen molar-refractivity contribution >= 4 is 45.7 Å². The van der Waals surface area contributed by atoms with E-state index >= 15 is 4.39 Å². The van der Waals surface area contributed by atoms with Crippen molar-refractivity contribution in [1.82, 2.24) is 20.1 Å². The van der Waals surface area contributed by atoms with Gasteiger partial charge in [0.25, 0.3) is 12.3 Å². The number of carbonyl (C=O) groups is 2. The third kappa shape index (κ3) is 6.85.